The molecule has 1 fully saturated rings. The Bertz CT molecular complexity index is 2290. The summed E-state index contributed by atoms with van der Waals surface area (Å²) in [5.74, 6) is 5.42. The molecule has 2 aromatic carbocycles. The third kappa shape index (κ3) is 4.89. The second-order valence-corrected chi connectivity index (χ2v) is 11.3. The Morgan fingerprint density at radius 3 is 2.67 bits per heavy atom. The highest BCUT2D eigenvalue weighted by Crippen LogP contribution is 2.46. The van der Waals surface area contributed by atoms with Crippen molar-refractivity contribution in [2.75, 3.05) is 12.3 Å². The van der Waals surface area contributed by atoms with Crippen LogP contribution in [0, 0.1) is 17.3 Å². The Hall–Kier alpha value is -6.06. The third-order valence-corrected chi connectivity index (χ3v) is 8.27. The van der Waals surface area contributed by atoms with Gasteiger partial charge in [0.25, 0.3) is 17.4 Å². The fourth-order valence-corrected chi connectivity index (χ4v) is 5.58. The molecule has 0 aliphatic heterocycles. The summed E-state index contributed by atoms with van der Waals surface area (Å²) >= 11 is 0. The van der Waals surface area contributed by atoms with Gasteiger partial charge in [-0.15, -0.1) is 5.10 Å². The van der Waals surface area contributed by atoms with Gasteiger partial charge in [-0.1, -0.05) is 42.2 Å². The fourth-order valence-electron chi connectivity index (χ4n) is 5.58. The first kappa shape index (κ1) is 28.7. The van der Waals surface area contributed by atoms with Gasteiger partial charge in [0.15, 0.2) is 11.5 Å². The summed E-state index contributed by atoms with van der Waals surface area (Å²) in [4.78, 5) is 44.8. The van der Waals surface area contributed by atoms with Crippen molar-refractivity contribution in [2.45, 2.75) is 25.8 Å². The first-order chi connectivity index (χ1) is 22.3. The number of aliphatic hydroxyl groups excluding tert-OH is 1. The molecule has 4 aromatic heterocycles. The lowest BCUT2D eigenvalue weighted by molar-refractivity contribution is 0.0721. The third-order valence-electron chi connectivity index (χ3n) is 8.27. The van der Waals surface area contributed by atoms with Gasteiger partial charge in [0.2, 0.25) is 0 Å². The molecule has 12 nitrogen and oxygen atoms in total. The molecule has 12 heteroatoms. The van der Waals surface area contributed by atoms with E-state index in [1.54, 1.807) is 36.0 Å². The molecule has 1 saturated carbocycles. The standard InChI is InChI=1S/C34H28N8O4/c1-21(38-31(44)28-29(35)39-40-16-6-15-36-30(28)40)26-17-24-8-5-7-23(27(24)32(45)42(26)25-9-3-2-4-10-25)12-11-22-18-37-41(19-22)33(46)34(20-43)13-14-34/h2-10,15-19,21,43H,13-14,20H2,1H3,(H2,35,39)(H,38,44)/t21-/m0/s1. The van der Waals surface area contributed by atoms with Crippen LogP contribution in [0.1, 0.15) is 57.8 Å². The SMILES string of the molecule is C[C@H](NC(=O)c1c(N)nn2cccnc12)c1cc2cccc(C#Cc3cnn(C(=O)C4(CO)CC4)c3)c2c(=O)n1-c1ccccc1. The van der Waals surface area contributed by atoms with Crippen molar-refractivity contribution in [1.29, 1.82) is 0 Å². The van der Waals surface area contributed by atoms with Crippen molar-refractivity contribution in [3.8, 4) is 17.5 Å². The number of carbonyl (C=O) groups is 2. The predicted octanol–water partition coefficient (Wildman–Crippen LogP) is 3.12. The Balaban J connectivity index is 1.28. The molecular formula is C34H28N8O4. The number of hydrogen-bond acceptors (Lipinski definition) is 8. The Labute approximate surface area is 262 Å². The maximum Gasteiger partial charge on any atom is 0.264 e. The summed E-state index contributed by atoms with van der Waals surface area (Å²) in [6.45, 7) is 1.57. The first-order valence-corrected chi connectivity index (χ1v) is 14.7. The zero-order valence-corrected chi connectivity index (χ0v) is 24.7. The van der Waals surface area contributed by atoms with Gasteiger partial charge in [0.05, 0.1) is 35.2 Å². The lowest BCUT2D eigenvalue weighted by Crippen LogP contribution is -2.32. The number of fused-ring (bicyclic) bond motifs is 2. The van der Waals surface area contributed by atoms with E-state index in [1.807, 2.05) is 48.5 Å². The highest BCUT2D eigenvalue weighted by Gasteiger charge is 2.50. The number of para-hydroxylation sites is 1. The molecule has 7 rings (SSSR count). The number of nitrogens with one attached hydrogen (secondary N) is 1. The van der Waals surface area contributed by atoms with Gasteiger partial charge in [0.1, 0.15) is 5.56 Å². The molecule has 6 aromatic rings. The van der Waals surface area contributed by atoms with Crippen molar-refractivity contribution >= 4 is 34.1 Å². The number of aliphatic hydroxyl groups is 1. The minimum Gasteiger partial charge on any atom is -0.395 e. The molecule has 1 atom stereocenters. The van der Waals surface area contributed by atoms with E-state index >= 15 is 0 Å². The summed E-state index contributed by atoms with van der Waals surface area (Å²) < 4.78 is 4.23. The minimum atomic E-state index is -0.750. The van der Waals surface area contributed by atoms with Crippen LogP contribution >= 0.6 is 0 Å². The maximum atomic E-state index is 14.3. The van der Waals surface area contributed by atoms with Gasteiger partial charge in [-0.2, -0.15) is 5.10 Å². The fraction of sp³-hybridized carbons (Fsp3) is 0.176. The monoisotopic (exact) mass is 612 g/mol. The maximum absolute atomic E-state index is 14.3. The summed E-state index contributed by atoms with van der Waals surface area (Å²) in [5, 5.41) is 22.0. The number of nitrogens with zero attached hydrogens (tertiary/aromatic N) is 6. The number of anilines is 1. The van der Waals surface area contributed by atoms with E-state index in [0.717, 1.165) is 0 Å². The van der Waals surface area contributed by atoms with Gasteiger partial charge >= 0.3 is 0 Å². The van der Waals surface area contributed by atoms with Crippen LogP contribution in [0.5, 0.6) is 0 Å². The largest absolute Gasteiger partial charge is 0.395 e. The molecular weight excluding hydrogens is 584 g/mol. The number of aromatic nitrogens is 6. The van der Waals surface area contributed by atoms with Crippen molar-refractivity contribution in [2.24, 2.45) is 5.41 Å². The smallest absolute Gasteiger partial charge is 0.264 e. The molecule has 0 spiro atoms. The van der Waals surface area contributed by atoms with Crippen LogP contribution < -0.4 is 16.6 Å². The van der Waals surface area contributed by atoms with Crippen molar-refractivity contribution in [3.63, 3.8) is 0 Å². The van der Waals surface area contributed by atoms with Crippen LogP contribution in [0.4, 0.5) is 5.82 Å². The summed E-state index contributed by atoms with van der Waals surface area (Å²) in [5.41, 5.74) is 7.64. The minimum absolute atomic E-state index is 0.0425. The number of nitrogen functional groups attached to an aromatic ring is 1. The average Bonchev–Trinajstić information content (AvgIpc) is 3.59. The molecule has 0 radical (unpaired) electrons. The first-order valence-electron chi connectivity index (χ1n) is 14.7. The molecule has 1 aliphatic rings. The van der Waals surface area contributed by atoms with Gasteiger partial charge in [-0.05, 0) is 55.5 Å². The normalized spacial score (nSPS) is 14.0. The second kappa shape index (κ2) is 11.1. The molecule has 4 heterocycles. The highest BCUT2D eigenvalue weighted by molar-refractivity contribution is 6.04. The van der Waals surface area contributed by atoms with E-state index in [-0.39, 0.29) is 29.5 Å². The Morgan fingerprint density at radius 2 is 1.91 bits per heavy atom. The Morgan fingerprint density at radius 1 is 1.11 bits per heavy atom. The molecule has 1 amide bonds. The Kier molecular flexibility index (Phi) is 6.95. The highest BCUT2D eigenvalue weighted by atomic mass is 16.3. The summed E-state index contributed by atoms with van der Waals surface area (Å²) in [6, 6.07) is 17.5. The van der Waals surface area contributed by atoms with E-state index in [0.29, 0.717) is 51.8 Å². The summed E-state index contributed by atoms with van der Waals surface area (Å²) in [6.07, 6.45) is 7.49. The van der Waals surface area contributed by atoms with Crippen LogP contribution in [-0.2, 0) is 0 Å². The molecule has 0 saturated heterocycles. The lowest BCUT2D eigenvalue weighted by atomic mass is 10.0. The second-order valence-electron chi connectivity index (χ2n) is 11.3. The quantitative estimate of drug-likeness (QED) is 0.242. The van der Waals surface area contributed by atoms with Crippen molar-refractivity contribution in [1.82, 2.24) is 34.3 Å². The molecule has 0 bridgehead atoms. The zero-order valence-electron chi connectivity index (χ0n) is 24.7. The topological polar surface area (TPSA) is 162 Å². The molecule has 0 unspecified atom stereocenters. The van der Waals surface area contributed by atoms with E-state index in [2.05, 4.69) is 32.3 Å². The number of rotatable bonds is 6. The van der Waals surface area contributed by atoms with Gasteiger partial charge in [0, 0.05) is 35.5 Å². The van der Waals surface area contributed by atoms with Crippen LogP contribution in [0.15, 0.2) is 90.2 Å². The molecule has 228 valence electrons. The number of nitrogens with two attached hydrogens (primary N) is 1. The van der Waals surface area contributed by atoms with Crippen molar-refractivity contribution < 1.29 is 14.7 Å². The van der Waals surface area contributed by atoms with Crippen molar-refractivity contribution in [3.05, 3.63) is 118 Å². The van der Waals surface area contributed by atoms with Crippen LogP contribution in [0.25, 0.3) is 22.1 Å². The number of pyridine rings is 1. The van der Waals surface area contributed by atoms with Crippen LogP contribution in [0.3, 0.4) is 0 Å². The van der Waals surface area contributed by atoms with Crippen LogP contribution in [0.2, 0.25) is 0 Å². The molecule has 1 aliphatic carbocycles. The lowest BCUT2D eigenvalue weighted by Gasteiger charge is -2.21. The van der Waals surface area contributed by atoms with Gasteiger partial charge < -0.3 is 16.2 Å². The number of hydrogen-bond donors (Lipinski definition) is 3. The van der Waals surface area contributed by atoms with E-state index in [9.17, 15) is 19.5 Å². The van der Waals surface area contributed by atoms with Gasteiger partial charge in [-0.3, -0.25) is 19.0 Å². The number of carbonyl (C=O) groups excluding carboxylic acids is 2. The van der Waals surface area contributed by atoms with E-state index in [1.165, 1.54) is 21.6 Å². The molecule has 46 heavy (non-hydrogen) atoms. The number of benzene rings is 2. The van der Waals surface area contributed by atoms with Crippen LogP contribution in [-0.4, -0.2) is 52.5 Å². The number of amides is 1. The summed E-state index contributed by atoms with van der Waals surface area (Å²) in [7, 11) is 0. The van der Waals surface area contributed by atoms with E-state index in [4.69, 9.17) is 5.73 Å². The van der Waals surface area contributed by atoms with E-state index < -0.39 is 17.4 Å². The predicted molar refractivity (Wildman–Crippen MR) is 170 cm³/mol. The average molecular weight is 613 g/mol. The zero-order chi connectivity index (χ0) is 32.0. The van der Waals surface area contributed by atoms with Gasteiger partial charge in [-0.25, -0.2) is 14.2 Å². The molecule has 4 N–H and O–H groups in total.